The van der Waals surface area contributed by atoms with Crippen molar-refractivity contribution in [3.05, 3.63) is 53.9 Å². The molecule has 2 aliphatic rings. The lowest BCUT2D eigenvalue weighted by Gasteiger charge is -2.31. The minimum atomic E-state index is -1.19. The van der Waals surface area contributed by atoms with Crippen LogP contribution in [0.5, 0.6) is 0 Å². The Morgan fingerprint density at radius 1 is 1.06 bits per heavy atom. The third kappa shape index (κ3) is 4.65. The first-order chi connectivity index (χ1) is 16.5. The van der Waals surface area contributed by atoms with Crippen molar-refractivity contribution < 1.29 is 19.1 Å². The molecule has 3 heterocycles. The molecule has 0 bridgehead atoms. The van der Waals surface area contributed by atoms with E-state index in [0.29, 0.717) is 25.6 Å². The fraction of sp³-hybridized carbons (Fsp3) is 0.480. The largest absolute Gasteiger partial charge is 0.383 e. The van der Waals surface area contributed by atoms with Crippen LogP contribution in [0.3, 0.4) is 0 Å². The number of imide groups is 1. The summed E-state index contributed by atoms with van der Waals surface area (Å²) in [5, 5.41) is 0. The van der Waals surface area contributed by atoms with Gasteiger partial charge in [0.2, 0.25) is 23.7 Å². The third-order valence-electron chi connectivity index (χ3n) is 6.72. The molecule has 2 fully saturated rings. The van der Waals surface area contributed by atoms with Crippen LogP contribution in [0.15, 0.2) is 42.7 Å². The molecule has 0 aliphatic carbocycles. The number of nitrogens with zero attached hydrogens (tertiary/aromatic N) is 5. The normalized spacial score (nSPS) is 21.2. The maximum atomic E-state index is 13.7. The van der Waals surface area contributed by atoms with Crippen molar-refractivity contribution in [1.29, 1.82) is 0 Å². The summed E-state index contributed by atoms with van der Waals surface area (Å²) in [6.07, 6.45) is 4.15. The Balaban J connectivity index is 1.56. The molecular weight excluding hydrogens is 434 g/mol. The molecule has 3 amide bonds. The zero-order chi connectivity index (χ0) is 24.1. The Morgan fingerprint density at radius 3 is 2.56 bits per heavy atom. The molecule has 2 aromatic rings. The minimum Gasteiger partial charge on any atom is -0.383 e. The highest BCUT2D eigenvalue weighted by Gasteiger charge is 2.54. The number of likely N-dealkylation sites (tertiary alicyclic amines) is 1. The van der Waals surface area contributed by atoms with Crippen LogP contribution in [0.2, 0.25) is 0 Å². The van der Waals surface area contributed by atoms with Gasteiger partial charge in [-0.25, -0.2) is 9.97 Å². The van der Waals surface area contributed by atoms with Crippen molar-refractivity contribution in [2.75, 3.05) is 51.3 Å². The van der Waals surface area contributed by atoms with E-state index < -0.39 is 5.41 Å². The zero-order valence-electron chi connectivity index (χ0n) is 19.8. The molecule has 0 N–H and O–H groups in total. The molecule has 180 valence electrons. The fourth-order valence-corrected chi connectivity index (χ4v) is 4.95. The maximum Gasteiger partial charge on any atom is 0.240 e. The van der Waals surface area contributed by atoms with Gasteiger partial charge in [0.25, 0.3) is 0 Å². The summed E-state index contributed by atoms with van der Waals surface area (Å²) in [5.74, 6) is -0.0416. The Hall–Kier alpha value is -3.33. The smallest absolute Gasteiger partial charge is 0.240 e. The van der Waals surface area contributed by atoms with Crippen LogP contribution in [0, 0.1) is 6.92 Å². The lowest BCUT2D eigenvalue weighted by atomic mass is 9.74. The van der Waals surface area contributed by atoms with Gasteiger partial charge in [0.15, 0.2) is 0 Å². The Kier molecular flexibility index (Phi) is 7.21. The highest BCUT2D eigenvalue weighted by atomic mass is 16.5. The molecule has 1 aromatic heterocycles. The summed E-state index contributed by atoms with van der Waals surface area (Å²) in [4.78, 5) is 53.9. The molecule has 9 nitrogen and oxygen atoms in total. The van der Waals surface area contributed by atoms with Crippen molar-refractivity contribution in [3.63, 3.8) is 0 Å². The molecule has 2 saturated heterocycles. The van der Waals surface area contributed by atoms with Crippen LogP contribution in [0.25, 0.3) is 0 Å². The summed E-state index contributed by atoms with van der Waals surface area (Å²) < 4.78 is 5.10. The highest BCUT2D eigenvalue weighted by molar-refractivity contribution is 6.11. The van der Waals surface area contributed by atoms with Gasteiger partial charge in [-0.15, -0.1) is 0 Å². The SMILES string of the molecule is COCCN1C(=O)C[C@@](CC(=O)N2CCCN(c3ncccn3)CC2)(c2ccccc2C)C1=O. The molecule has 0 saturated carbocycles. The van der Waals surface area contributed by atoms with E-state index in [1.165, 1.54) is 12.0 Å². The minimum absolute atomic E-state index is 0.00996. The molecule has 34 heavy (non-hydrogen) atoms. The number of amides is 3. The highest BCUT2D eigenvalue weighted by Crippen LogP contribution is 2.41. The molecule has 1 aromatic carbocycles. The summed E-state index contributed by atoms with van der Waals surface area (Å²) in [6.45, 7) is 4.82. The average Bonchev–Trinajstić information content (AvgIpc) is 3.00. The summed E-state index contributed by atoms with van der Waals surface area (Å²) in [5.41, 5.74) is 0.450. The Bertz CT molecular complexity index is 1050. The molecular formula is C25H31N5O4. The summed E-state index contributed by atoms with van der Waals surface area (Å²) in [6, 6.07) is 9.31. The number of methoxy groups -OCH3 is 1. The van der Waals surface area contributed by atoms with Crippen molar-refractivity contribution in [2.45, 2.75) is 31.6 Å². The van der Waals surface area contributed by atoms with Gasteiger partial charge in [-0.1, -0.05) is 24.3 Å². The van der Waals surface area contributed by atoms with Crippen LogP contribution in [0.1, 0.15) is 30.4 Å². The average molecular weight is 466 g/mol. The van der Waals surface area contributed by atoms with Gasteiger partial charge in [0.1, 0.15) is 0 Å². The van der Waals surface area contributed by atoms with Crippen LogP contribution in [0.4, 0.5) is 5.95 Å². The standard InChI is InChI=1S/C25H31N5O4/c1-19-7-3-4-8-20(19)25(18-22(32)30(23(25)33)15-16-34-2)17-21(31)28-11-6-12-29(14-13-28)24-26-9-5-10-27-24/h3-5,7-10H,6,11-18H2,1-2H3/t25-/m0/s1. The predicted octanol–water partition coefficient (Wildman–Crippen LogP) is 1.56. The first-order valence-corrected chi connectivity index (χ1v) is 11.7. The molecule has 1 atom stereocenters. The van der Waals surface area contributed by atoms with Crippen LogP contribution < -0.4 is 4.90 Å². The number of hydrogen-bond donors (Lipinski definition) is 0. The number of aryl methyl sites for hydroxylation is 1. The molecule has 0 radical (unpaired) electrons. The van der Waals surface area contributed by atoms with E-state index in [-0.39, 0.29) is 43.7 Å². The maximum absolute atomic E-state index is 13.7. The van der Waals surface area contributed by atoms with Gasteiger partial charge in [0, 0.05) is 58.5 Å². The second-order valence-electron chi connectivity index (χ2n) is 8.86. The third-order valence-corrected chi connectivity index (χ3v) is 6.72. The summed E-state index contributed by atoms with van der Waals surface area (Å²) in [7, 11) is 1.53. The number of benzene rings is 1. The molecule has 2 aliphatic heterocycles. The molecule has 0 spiro atoms. The predicted molar refractivity (Wildman–Crippen MR) is 126 cm³/mol. The van der Waals surface area contributed by atoms with Crippen molar-refractivity contribution in [3.8, 4) is 0 Å². The van der Waals surface area contributed by atoms with Gasteiger partial charge in [0.05, 0.1) is 18.6 Å². The van der Waals surface area contributed by atoms with E-state index >= 15 is 0 Å². The number of rotatable bonds is 7. The van der Waals surface area contributed by atoms with Gasteiger partial charge < -0.3 is 14.5 Å². The topological polar surface area (TPSA) is 95.9 Å². The van der Waals surface area contributed by atoms with Crippen LogP contribution in [-0.2, 0) is 24.5 Å². The first-order valence-electron chi connectivity index (χ1n) is 11.7. The molecule has 9 heteroatoms. The van der Waals surface area contributed by atoms with E-state index in [9.17, 15) is 14.4 Å². The second-order valence-corrected chi connectivity index (χ2v) is 8.86. The van der Waals surface area contributed by atoms with E-state index in [1.807, 2.05) is 31.2 Å². The first kappa shape index (κ1) is 23.8. The molecule has 4 rings (SSSR count). The summed E-state index contributed by atoms with van der Waals surface area (Å²) >= 11 is 0. The van der Waals surface area contributed by atoms with Gasteiger partial charge >= 0.3 is 0 Å². The van der Waals surface area contributed by atoms with Gasteiger partial charge in [-0.05, 0) is 30.5 Å². The quantitative estimate of drug-likeness (QED) is 0.573. The number of aromatic nitrogens is 2. The van der Waals surface area contributed by atoms with Crippen LogP contribution >= 0.6 is 0 Å². The lowest BCUT2D eigenvalue weighted by molar-refractivity contribution is -0.143. The monoisotopic (exact) mass is 465 g/mol. The van der Waals surface area contributed by atoms with Crippen molar-refractivity contribution in [1.82, 2.24) is 19.8 Å². The number of hydrogen-bond acceptors (Lipinski definition) is 7. The lowest BCUT2D eigenvalue weighted by Crippen LogP contribution is -2.45. The Labute approximate surface area is 199 Å². The second kappa shape index (κ2) is 10.3. The zero-order valence-corrected chi connectivity index (χ0v) is 19.8. The fourth-order valence-electron chi connectivity index (χ4n) is 4.95. The number of anilines is 1. The number of carbonyl (C=O) groups excluding carboxylic acids is 3. The molecule has 0 unspecified atom stereocenters. The van der Waals surface area contributed by atoms with Crippen molar-refractivity contribution >= 4 is 23.7 Å². The number of ether oxygens (including phenoxy) is 1. The number of carbonyl (C=O) groups is 3. The van der Waals surface area contributed by atoms with Crippen LogP contribution in [-0.4, -0.2) is 83.9 Å². The van der Waals surface area contributed by atoms with Crippen molar-refractivity contribution in [2.24, 2.45) is 0 Å². The van der Waals surface area contributed by atoms with E-state index in [0.717, 1.165) is 24.1 Å². The van der Waals surface area contributed by atoms with E-state index in [4.69, 9.17) is 4.74 Å². The van der Waals surface area contributed by atoms with Gasteiger partial charge in [-0.2, -0.15) is 0 Å². The van der Waals surface area contributed by atoms with E-state index in [2.05, 4.69) is 14.9 Å². The van der Waals surface area contributed by atoms with Gasteiger partial charge in [-0.3, -0.25) is 19.3 Å². The van der Waals surface area contributed by atoms with E-state index in [1.54, 1.807) is 23.4 Å². The Morgan fingerprint density at radius 2 is 1.82 bits per heavy atom.